The smallest absolute Gasteiger partial charge is 0.269 e. The highest BCUT2D eigenvalue weighted by Gasteiger charge is 2.34. The third kappa shape index (κ3) is 5.55. The van der Waals surface area contributed by atoms with Crippen molar-refractivity contribution in [1.29, 1.82) is 0 Å². The van der Waals surface area contributed by atoms with E-state index in [-0.39, 0.29) is 29.2 Å². The van der Waals surface area contributed by atoms with Crippen LogP contribution in [0.1, 0.15) is 28.5 Å². The lowest BCUT2D eigenvalue weighted by atomic mass is 10.1. The third-order valence-electron chi connectivity index (χ3n) is 5.22. The molecule has 1 N–H and O–H groups in total. The van der Waals surface area contributed by atoms with E-state index in [2.05, 4.69) is 15.5 Å². The number of nitro benzene ring substituents is 1. The summed E-state index contributed by atoms with van der Waals surface area (Å²) in [7, 11) is 0. The van der Waals surface area contributed by atoms with Gasteiger partial charge in [-0.05, 0) is 24.1 Å². The average Bonchev–Trinajstić information content (AvgIpc) is 3.41. The van der Waals surface area contributed by atoms with Gasteiger partial charge in [-0.15, -0.1) is 22.0 Å². The molecule has 1 fully saturated rings. The van der Waals surface area contributed by atoms with E-state index in [4.69, 9.17) is 0 Å². The molecule has 0 spiro atoms. The number of rotatable bonds is 8. The molecule has 0 saturated carbocycles. The number of non-ortho nitro benzene ring substituents is 1. The molecule has 0 aliphatic carbocycles. The van der Waals surface area contributed by atoms with Crippen molar-refractivity contribution in [3.05, 3.63) is 74.8 Å². The summed E-state index contributed by atoms with van der Waals surface area (Å²) in [6.07, 6.45) is 0.363. The van der Waals surface area contributed by atoms with Crippen molar-refractivity contribution in [2.75, 3.05) is 22.5 Å². The number of para-hydroxylation sites is 1. The van der Waals surface area contributed by atoms with Crippen LogP contribution in [0.5, 0.6) is 0 Å². The van der Waals surface area contributed by atoms with Crippen molar-refractivity contribution in [2.45, 2.75) is 25.0 Å². The molecular weight excluding hydrogens is 462 g/mol. The van der Waals surface area contributed by atoms with Gasteiger partial charge in [0.1, 0.15) is 5.01 Å². The van der Waals surface area contributed by atoms with E-state index in [1.165, 1.54) is 35.2 Å². The molecular formula is C22H21N5O4S2. The summed E-state index contributed by atoms with van der Waals surface area (Å²) < 4.78 is 0. The Bertz CT molecular complexity index is 1180. The molecule has 2 amide bonds. The van der Waals surface area contributed by atoms with Gasteiger partial charge in [-0.3, -0.25) is 25.0 Å². The maximum atomic E-state index is 12.6. The fraction of sp³-hybridized carbons (Fsp3) is 0.273. The molecule has 2 aromatic carbocycles. The Morgan fingerprint density at radius 2 is 2.00 bits per heavy atom. The molecule has 1 aromatic heterocycles. The number of benzene rings is 2. The lowest BCUT2D eigenvalue weighted by Gasteiger charge is -2.18. The second kappa shape index (κ2) is 10.1. The maximum Gasteiger partial charge on any atom is 0.269 e. The topological polar surface area (TPSA) is 118 Å². The summed E-state index contributed by atoms with van der Waals surface area (Å²) in [4.78, 5) is 36.9. The Morgan fingerprint density at radius 1 is 1.24 bits per heavy atom. The highest BCUT2D eigenvalue weighted by molar-refractivity contribution is 7.99. The molecule has 11 heteroatoms. The molecule has 0 bridgehead atoms. The molecule has 4 rings (SSSR count). The summed E-state index contributed by atoms with van der Waals surface area (Å²) >= 11 is 2.69. The van der Waals surface area contributed by atoms with Gasteiger partial charge in [0.2, 0.25) is 16.9 Å². The highest BCUT2D eigenvalue weighted by Crippen LogP contribution is 2.35. The van der Waals surface area contributed by atoms with Crippen molar-refractivity contribution in [1.82, 2.24) is 10.2 Å². The van der Waals surface area contributed by atoms with E-state index in [1.807, 2.05) is 31.2 Å². The zero-order chi connectivity index (χ0) is 23.4. The maximum absolute atomic E-state index is 12.6. The molecule has 1 atom stereocenters. The number of amides is 2. The number of carbonyl (C=O) groups excluding carboxylic acids is 2. The van der Waals surface area contributed by atoms with E-state index in [1.54, 1.807) is 17.0 Å². The fourth-order valence-electron chi connectivity index (χ4n) is 3.55. The molecule has 3 aromatic rings. The van der Waals surface area contributed by atoms with Gasteiger partial charge in [-0.1, -0.05) is 41.7 Å². The summed E-state index contributed by atoms with van der Waals surface area (Å²) in [5.74, 6) is 0.573. The number of hydrogen-bond acceptors (Lipinski definition) is 8. The van der Waals surface area contributed by atoms with E-state index in [9.17, 15) is 19.7 Å². The zero-order valence-corrected chi connectivity index (χ0v) is 19.4. The van der Waals surface area contributed by atoms with Crippen molar-refractivity contribution in [3.63, 3.8) is 0 Å². The molecule has 170 valence electrons. The lowest BCUT2D eigenvalue weighted by Crippen LogP contribution is -2.25. The van der Waals surface area contributed by atoms with Crippen molar-refractivity contribution in [2.24, 2.45) is 0 Å². The van der Waals surface area contributed by atoms with Crippen LogP contribution in [-0.4, -0.2) is 39.2 Å². The zero-order valence-electron chi connectivity index (χ0n) is 17.8. The van der Waals surface area contributed by atoms with Crippen LogP contribution in [0.3, 0.4) is 0 Å². The van der Waals surface area contributed by atoms with Gasteiger partial charge < -0.3 is 4.90 Å². The van der Waals surface area contributed by atoms with Crippen LogP contribution in [-0.2, 0) is 15.3 Å². The van der Waals surface area contributed by atoms with E-state index in [0.717, 1.165) is 21.8 Å². The van der Waals surface area contributed by atoms with Crippen LogP contribution in [0.4, 0.5) is 16.5 Å². The van der Waals surface area contributed by atoms with Gasteiger partial charge in [0.05, 0.1) is 10.7 Å². The number of nitro groups is 1. The van der Waals surface area contributed by atoms with Crippen molar-refractivity contribution in [3.8, 4) is 0 Å². The first-order chi connectivity index (χ1) is 15.9. The molecule has 1 saturated heterocycles. The number of hydrogen-bond donors (Lipinski definition) is 1. The van der Waals surface area contributed by atoms with Crippen molar-refractivity contribution < 1.29 is 14.5 Å². The molecule has 1 unspecified atom stereocenters. The Kier molecular flexibility index (Phi) is 6.99. The monoisotopic (exact) mass is 483 g/mol. The molecule has 2 heterocycles. The van der Waals surface area contributed by atoms with Crippen LogP contribution >= 0.6 is 23.1 Å². The fourth-order valence-corrected chi connectivity index (χ4v) is 5.19. The van der Waals surface area contributed by atoms with E-state index >= 15 is 0 Å². The first-order valence-corrected chi connectivity index (χ1v) is 12.2. The molecule has 9 nitrogen and oxygen atoms in total. The van der Waals surface area contributed by atoms with Gasteiger partial charge >= 0.3 is 0 Å². The Labute approximate surface area is 198 Å². The number of carbonyl (C=O) groups is 2. The van der Waals surface area contributed by atoms with Crippen LogP contribution in [0.15, 0.2) is 48.5 Å². The molecule has 1 aliphatic rings. The van der Waals surface area contributed by atoms with Gasteiger partial charge in [-0.25, -0.2) is 0 Å². The van der Waals surface area contributed by atoms with Gasteiger partial charge in [-0.2, -0.15) is 0 Å². The minimum Gasteiger partial charge on any atom is -0.311 e. The second-order valence-corrected chi connectivity index (χ2v) is 9.60. The van der Waals surface area contributed by atoms with E-state index in [0.29, 0.717) is 23.8 Å². The number of anilines is 2. The predicted molar refractivity (Wildman–Crippen MR) is 129 cm³/mol. The summed E-state index contributed by atoms with van der Waals surface area (Å²) in [5.41, 5.74) is 2.90. The number of nitrogens with one attached hydrogen (secondary N) is 1. The number of aryl methyl sites for hydroxylation is 1. The minimum atomic E-state index is -0.442. The Morgan fingerprint density at radius 3 is 2.73 bits per heavy atom. The largest absolute Gasteiger partial charge is 0.311 e. The number of thioether (sulfide) groups is 1. The summed E-state index contributed by atoms with van der Waals surface area (Å²) in [6, 6.07) is 14.1. The summed E-state index contributed by atoms with van der Waals surface area (Å²) in [5, 5.41) is 22.9. The van der Waals surface area contributed by atoms with Gasteiger partial charge in [0.15, 0.2) is 0 Å². The van der Waals surface area contributed by atoms with Crippen molar-refractivity contribution >= 4 is 51.4 Å². The molecule has 1 aliphatic heterocycles. The minimum absolute atomic E-state index is 0.0413. The third-order valence-corrected chi connectivity index (χ3v) is 7.22. The van der Waals surface area contributed by atoms with Gasteiger partial charge in [0, 0.05) is 42.5 Å². The first-order valence-electron chi connectivity index (χ1n) is 10.2. The van der Waals surface area contributed by atoms with Crippen LogP contribution in [0, 0.1) is 17.0 Å². The molecule has 33 heavy (non-hydrogen) atoms. The standard InChI is InChI=1S/C22H21N5O4S2/c1-14-4-2-3-5-18(14)26-11-16(10-20(26)29)21-24-25-22(33-21)23-19(28)13-32-12-15-6-8-17(9-7-15)27(30)31/h2-9,16H,10-13H2,1H3,(H,23,25,28). The average molecular weight is 484 g/mol. The number of nitrogens with zero attached hydrogens (tertiary/aromatic N) is 4. The second-order valence-electron chi connectivity index (χ2n) is 7.60. The highest BCUT2D eigenvalue weighted by atomic mass is 32.2. The van der Waals surface area contributed by atoms with Gasteiger partial charge in [0.25, 0.3) is 5.69 Å². The predicted octanol–water partition coefficient (Wildman–Crippen LogP) is 4.15. The first kappa shape index (κ1) is 22.9. The lowest BCUT2D eigenvalue weighted by molar-refractivity contribution is -0.384. The van der Waals surface area contributed by atoms with Crippen LogP contribution in [0.2, 0.25) is 0 Å². The number of aromatic nitrogens is 2. The normalized spacial score (nSPS) is 15.6. The summed E-state index contributed by atoms with van der Waals surface area (Å²) in [6.45, 7) is 2.52. The van der Waals surface area contributed by atoms with Crippen LogP contribution < -0.4 is 10.2 Å². The molecule has 0 radical (unpaired) electrons. The SMILES string of the molecule is Cc1ccccc1N1CC(c2nnc(NC(=O)CSCc3ccc([N+](=O)[O-])cc3)s2)CC1=O. The Balaban J connectivity index is 1.28. The Hall–Kier alpha value is -3.31. The quantitative estimate of drug-likeness (QED) is 0.378. The van der Waals surface area contributed by atoms with Crippen LogP contribution in [0.25, 0.3) is 0 Å². The van der Waals surface area contributed by atoms with E-state index < -0.39 is 4.92 Å².